The molecule has 0 atom stereocenters. The lowest BCUT2D eigenvalue weighted by molar-refractivity contribution is -0.116. The molecular formula is C24H31N3O. The van der Waals surface area contributed by atoms with Crippen molar-refractivity contribution in [2.24, 2.45) is 0 Å². The summed E-state index contributed by atoms with van der Waals surface area (Å²) < 4.78 is 0. The topological polar surface area (TPSA) is 35.6 Å². The van der Waals surface area contributed by atoms with E-state index in [0.717, 1.165) is 50.5 Å². The van der Waals surface area contributed by atoms with Gasteiger partial charge in [-0.25, -0.2) is 0 Å². The molecule has 2 aromatic carbocycles. The van der Waals surface area contributed by atoms with Crippen molar-refractivity contribution in [3.05, 3.63) is 71.3 Å². The minimum Gasteiger partial charge on any atom is -0.326 e. The van der Waals surface area contributed by atoms with E-state index in [-0.39, 0.29) is 5.91 Å². The quantitative estimate of drug-likeness (QED) is 0.793. The van der Waals surface area contributed by atoms with Crippen molar-refractivity contribution in [1.29, 1.82) is 0 Å². The Bertz CT molecular complexity index is 807. The Kier molecular flexibility index (Phi) is 7.40. The molecule has 0 radical (unpaired) electrons. The van der Waals surface area contributed by atoms with E-state index in [1.54, 1.807) is 0 Å². The Hall–Kier alpha value is -2.43. The van der Waals surface area contributed by atoms with E-state index >= 15 is 0 Å². The average molecular weight is 378 g/mol. The maximum absolute atomic E-state index is 12.2. The first kappa shape index (κ1) is 20.3. The summed E-state index contributed by atoms with van der Waals surface area (Å²) in [6.45, 7) is 10.1. The fraction of sp³-hybridized carbons (Fsp3) is 0.375. The van der Waals surface area contributed by atoms with Crippen LogP contribution in [0, 0.1) is 13.8 Å². The van der Waals surface area contributed by atoms with Crippen molar-refractivity contribution in [3.8, 4) is 0 Å². The first-order valence-corrected chi connectivity index (χ1v) is 10.1. The number of anilines is 1. The number of nitrogens with zero attached hydrogens (tertiary/aromatic N) is 2. The second-order valence-corrected chi connectivity index (χ2v) is 7.57. The van der Waals surface area contributed by atoms with Crippen LogP contribution in [0.25, 0.3) is 6.08 Å². The molecule has 0 aliphatic carbocycles. The molecule has 28 heavy (non-hydrogen) atoms. The zero-order valence-electron chi connectivity index (χ0n) is 17.0. The maximum Gasteiger partial charge on any atom is 0.225 e. The maximum atomic E-state index is 12.2. The highest BCUT2D eigenvalue weighted by Gasteiger charge is 2.16. The molecule has 0 bridgehead atoms. The number of benzene rings is 2. The molecule has 1 aliphatic rings. The Morgan fingerprint density at radius 2 is 1.75 bits per heavy atom. The van der Waals surface area contributed by atoms with Crippen LogP contribution < -0.4 is 5.32 Å². The van der Waals surface area contributed by atoms with Crippen molar-refractivity contribution < 1.29 is 4.79 Å². The summed E-state index contributed by atoms with van der Waals surface area (Å²) in [7, 11) is 0. The third-order valence-electron chi connectivity index (χ3n) is 5.27. The Morgan fingerprint density at radius 3 is 2.50 bits per heavy atom. The van der Waals surface area contributed by atoms with E-state index in [2.05, 4.69) is 58.5 Å². The zero-order valence-corrected chi connectivity index (χ0v) is 17.0. The highest BCUT2D eigenvalue weighted by molar-refractivity contribution is 5.90. The standard InChI is InChI=1S/C24H31N3O/c1-20-7-5-11-23(19-20)25-24(28)12-14-27-17-15-26(16-18-27)13-6-10-22-9-4-3-8-21(22)2/h3-11,19H,12-18H2,1-2H3,(H,25,28)/b10-6+. The monoisotopic (exact) mass is 377 g/mol. The van der Waals surface area contributed by atoms with Crippen LogP contribution in [0.15, 0.2) is 54.6 Å². The van der Waals surface area contributed by atoms with E-state index in [1.807, 2.05) is 31.2 Å². The third kappa shape index (κ3) is 6.32. The molecule has 1 fully saturated rings. The SMILES string of the molecule is Cc1cccc(NC(=O)CCN2CCN(C/C=C/c3ccccc3C)CC2)c1. The van der Waals surface area contributed by atoms with Gasteiger partial charge in [0, 0.05) is 51.4 Å². The van der Waals surface area contributed by atoms with Gasteiger partial charge in [-0.1, -0.05) is 48.6 Å². The molecule has 2 aromatic rings. The zero-order chi connectivity index (χ0) is 19.8. The number of hydrogen-bond acceptors (Lipinski definition) is 3. The number of carbonyl (C=O) groups is 1. The molecule has 4 heteroatoms. The van der Waals surface area contributed by atoms with Gasteiger partial charge in [-0.3, -0.25) is 9.69 Å². The summed E-state index contributed by atoms with van der Waals surface area (Å²) in [6.07, 6.45) is 5.02. The van der Waals surface area contributed by atoms with Gasteiger partial charge in [0.2, 0.25) is 5.91 Å². The molecule has 0 aromatic heterocycles. The van der Waals surface area contributed by atoms with Gasteiger partial charge in [-0.05, 0) is 42.7 Å². The molecular weight excluding hydrogens is 346 g/mol. The van der Waals surface area contributed by atoms with Gasteiger partial charge in [0.05, 0.1) is 0 Å². The predicted octanol–water partition coefficient (Wildman–Crippen LogP) is 3.96. The van der Waals surface area contributed by atoms with Crippen LogP contribution in [-0.4, -0.2) is 55.0 Å². The van der Waals surface area contributed by atoms with Crippen LogP contribution in [0.1, 0.15) is 23.1 Å². The molecule has 3 rings (SSSR count). The van der Waals surface area contributed by atoms with E-state index < -0.39 is 0 Å². The van der Waals surface area contributed by atoms with Gasteiger partial charge >= 0.3 is 0 Å². The summed E-state index contributed by atoms with van der Waals surface area (Å²) in [5.74, 6) is 0.0918. The molecule has 148 valence electrons. The van der Waals surface area contributed by atoms with E-state index in [0.29, 0.717) is 6.42 Å². The molecule has 0 spiro atoms. The minimum absolute atomic E-state index is 0.0918. The first-order chi connectivity index (χ1) is 13.6. The summed E-state index contributed by atoms with van der Waals surface area (Å²) in [4.78, 5) is 17.0. The number of amides is 1. The lowest BCUT2D eigenvalue weighted by atomic mass is 10.1. The lowest BCUT2D eigenvalue weighted by Gasteiger charge is -2.34. The van der Waals surface area contributed by atoms with Gasteiger partial charge in [-0.15, -0.1) is 0 Å². The van der Waals surface area contributed by atoms with Crippen molar-refractivity contribution in [1.82, 2.24) is 9.80 Å². The number of aryl methyl sites for hydroxylation is 2. The molecule has 1 heterocycles. The fourth-order valence-electron chi connectivity index (χ4n) is 3.50. The van der Waals surface area contributed by atoms with Crippen molar-refractivity contribution in [3.63, 3.8) is 0 Å². The number of hydrogen-bond donors (Lipinski definition) is 1. The Labute approximate surface area is 168 Å². The second kappa shape index (κ2) is 10.2. The van der Waals surface area contributed by atoms with Gasteiger partial charge < -0.3 is 10.2 Å². The summed E-state index contributed by atoms with van der Waals surface area (Å²) in [5.41, 5.74) is 4.65. The van der Waals surface area contributed by atoms with E-state index in [4.69, 9.17) is 0 Å². The number of piperazine rings is 1. The summed E-state index contributed by atoms with van der Waals surface area (Å²) in [5, 5.41) is 2.99. The van der Waals surface area contributed by atoms with E-state index in [1.165, 1.54) is 11.1 Å². The summed E-state index contributed by atoms with van der Waals surface area (Å²) in [6, 6.07) is 16.4. The lowest BCUT2D eigenvalue weighted by Crippen LogP contribution is -2.46. The number of rotatable bonds is 7. The molecule has 4 nitrogen and oxygen atoms in total. The third-order valence-corrected chi connectivity index (χ3v) is 5.27. The van der Waals surface area contributed by atoms with Crippen LogP contribution in [0.4, 0.5) is 5.69 Å². The molecule has 1 saturated heterocycles. The second-order valence-electron chi connectivity index (χ2n) is 7.57. The predicted molar refractivity (Wildman–Crippen MR) is 118 cm³/mol. The molecule has 0 unspecified atom stereocenters. The normalized spacial score (nSPS) is 15.8. The van der Waals surface area contributed by atoms with Crippen LogP contribution in [0.5, 0.6) is 0 Å². The fourth-order valence-corrected chi connectivity index (χ4v) is 3.50. The van der Waals surface area contributed by atoms with Crippen molar-refractivity contribution in [2.45, 2.75) is 20.3 Å². The number of carbonyl (C=O) groups excluding carboxylic acids is 1. The number of nitrogens with one attached hydrogen (secondary N) is 1. The van der Waals surface area contributed by atoms with Crippen LogP contribution in [0.3, 0.4) is 0 Å². The van der Waals surface area contributed by atoms with Crippen LogP contribution in [0.2, 0.25) is 0 Å². The van der Waals surface area contributed by atoms with Crippen molar-refractivity contribution >= 4 is 17.7 Å². The van der Waals surface area contributed by atoms with Gasteiger partial charge in [0.1, 0.15) is 0 Å². The Balaban J connectivity index is 1.35. The Morgan fingerprint density at radius 1 is 1.00 bits per heavy atom. The molecule has 1 N–H and O–H groups in total. The smallest absolute Gasteiger partial charge is 0.225 e. The summed E-state index contributed by atoms with van der Waals surface area (Å²) >= 11 is 0. The average Bonchev–Trinajstić information content (AvgIpc) is 2.69. The van der Waals surface area contributed by atoms with Gasteiger partial charge in [0.25, 0.3) is 0 Å². The van der Waals surface area contributed by atoms with Crippen LogP contribution in [-0.2, 0) is 4.79 Å². The van der Waals surface area contributed by atoms with Gasteiger partial charge in [-0.2, -0.15) is 0 Å². The van der Waals surface area contributed by atoms with E-state index in [9.17, 15) is 4.79 Å². The highest BCUT2D eigenvalue weighted by atomic mass is 16.1. The molecule has 0 saturated carbocycles. The molecule has 1 aliphatic heterocycles. The van der Waals surface area contributed by atoms with Crippen molar-refractivity contribution in [2.75, 3.05) is 44.6 Å². The minimum atomic E-state index is 0.0918. The van der Waals surface area contributed by atoms with Gasteiger partial charge in [0.15, 0.2) is 0 Å². The molecule has 1 amide bonds. The largest absolute Gasteiger partial charge is 0.326 e. The first-order valence-electron chi connectivity index (χ1n) is 10.1. The van der Waals surface area contributed by atoms with Crippen LogP contribution >= 0.6 is 0 Å². The highest BCUT2D eigenvalue weighted by Crippen LogP contribution is 2.11.